The van der Waals surface area contributed by atoms with Gasteiger partial charge >= 0.3 is 12.0 Å². The normalized spacial score (nSPS) is 11.2. The molecule has 0 aliphatic heterocycles. The third-order valence-electron chi connectivity index (χ3n) is 2.36. The van der Waals surface area contributed by atoms with Crippen LogP contribution in [-0.2, 0) is 4.79 Å². The van der Waals surface area contributed by atoms with Gasteiger partial charge in [-0.05, 0) is 24.6 Å². The Morgan fingerprint density at radius 3 is 2.68 bits per heavy atom. The smallest absolute Gasteiger partial charge is 0.326 e. The minimum absolute atomic E-state index is 0.213. The van der Waals surface area contributed by atoms with E-state index in [9.17, 15) is 9.59 Å². The number of halogens is 1. The summed E-state index contributed by atoms with van der Waals surface area (Å²) in [6, 6.07) is 4.69. The maximum Gasteiger partial charge on any atom is 0.326 e. The molecule has 0 bridgehead atoms. The number of carbonyl (C=O) groups is 2. The molecular formula is C12H12ClN3O3. The number of benzene rings is 1. The third-order valence-corrected chi connectivity index (χ3v) is 2.67. The number of rotatable bonds is 4. The first-order chi connectivity index (χ1) is 8.97. The molecule has 2 amide bonds. The lowest BCUT2D eigenvalue weighted by molar-refractivity contribution is -0.139. The van der Waals surface area contributed by atoms with Crippen LogP contribution in [0.2, 0.25) is 5.02 Å². The highest BCUT2D eigenvalue weighted by Gasteiger charge is 2.17. The summed E-state index contributed by atoms with van der Waals surface area (Å²) in [7, 11) is 0. The first kappa shape index (κ1) is 14.8. The molecule has 0 heterocycles. The van der Waals surface area contributed by atoms with Crippen LogP contribution in [0.25, 0.3) is 0 Å². The third kappa shape index (κ3) is 4.16. The number of hydrogen-bond donors (Lipinski definition) is 3. The number of nitrogens with one attached hydrogen (secondary N) is 2. The second-order valence-electron chi connectivity index (χ2n) is 3.70. The van der Waals surface area contributed by atoms with E-state index in [0.717, 1.165) is 0 Å². The van der Waals surface area contributed by atoms with Crippen molar-refractivity contribution < 1.29 is 14.7 Å². The zero-order valence-electron chi connectivity index (χ0n) is 10.1. The monoisotopic (exact) mass is 281 g/mol. The van der Waals surface area contributed by atoms with E-state index in [1.54, 1.807) is 6.92 Å². The molecule has 1 atom stereocenters. The van der Waals surface area contributed by atoms with Crippen molar-refractivity contribution in [3.8, 4) is 6.07 Å². The summed E-state index contributed by atoms with van der Waals surface area (Å²) < 4.78 is 0. The molecule has 0 saturated carbocycles. The molecule has 6 nitrogen and oxygen atoms in total. The van der Waals surface area contributed by atoms with Crippen molar-refractivity contribution in [3.05, 3.63) is 28.8 Å². The number of nitrogens with zero attached hydrogens (tertiary/aromatic N) is 1. The van der Waals surface area contributed by atoms with Gasteiger partial charge in [0.2, 0.25) is 0 Å². The highest BCUT2D eigenvalue weighted by atomic mass is 35.5. The number of hydrogen-bond acceptors (Lipinski definition) is 3. The molecule has 0 radical (unpaired) electrons. The molecule has 0 fully saturated rings. The molecule has 19 heavy (non-hydrogen) atoms. The number of aliphatic carboxylic acids is 1. The number of nitriles is 1. The summed E-state index contributed by atoms with van der Waals surface area (Å²) in [5.74, 6) is -1.10. The van der Waals surface area contributed by atoms with Gasteiger partial charge in [-0.1, -0.05) is 18.5 Å². The van der Waals surface area contributed by atoms with E-state index in [-0.39, 0.29) is 11.4 Å². The Morgan fingerprint density at radius 1 is 1.53 bits per heavy atom. The van der Waals surface area contributed by atoms with Crippen LogP contribution in [0.3, 0.4) is 0 Å². The first-order valence-corrected chi connectivity index (χ1v) is 5.85. The van der Waals surface area contributed by atoms with Gasteiger partial charge in [0.1, 0.15) is 12.1 Å². The van der Waals surface area contributed by atoms with Crippen LogP contribution in [0.4, 0.5) is 10.5 Å². The number of carbonyl (C=O) groups excluding carboxylic acids is 1. The largest absolute Gasteiger partial charge is 0.480 e. The zero-order valence-corrected chi connectivity index (χ0v) is 10.9. The van der Waals surface area contributed by atoms with Gasteiger partial charge in [-0.15, -0.1) is 0 Å². The minimum atomic E-state index is -1.10. The molecule has 3 N–H and O–H groups in total. The van der Waals surface area contributed by atoms with Crippen molar-refractivity contribution in [2.24, 2.45) is 0 Å². The van der Waals surface area contributed by atoms with Gasteiger partial charge in [0.15, 0.2) is 0 Å². The average molecular weight is 282 g/mol. The molecule has 1 aromatic carbocycles. The van der Waals surface area contributed by atoms with E-state index >= 15 is 0 Å². The van der Waals surface area contributed by atoms with E-state index in [0.29, 0.717) is 11.3 Å². The summed E-state index contributed by atoms with van der Waals surface area (Å²) in [4.78, 5) is 22.3. The second-order valence-corrected chi connectivity index (χ2v) is 4.11. The summed E-state index contributed by atoms with van der Waals surface area (Å²) in [5.41, 5.74) is 0.673. The maximum atomic E-state index is 11.6. The van der Waals surface area contributed by atoms with Gasteiger partial charge in [0.25, 0.3) is 0 Å². The van der Waals surface area contributed by atoms with Gasteiger partial charge in [0, 0.05) is 5.69 Å². The van der Waals surface area contributed by atoms with Gasteiger partial charge in [0.05, 0.1) is 10.6 Å². The lowest BCUT2D eigenvalue weighted by Crippen LogP contribution is -2.42. The predicted octanol–water partition coefficient (Wildman–Crippen LogP) is 2.20. The fourth-order valence-corrected chi connectivity index (χ4v) is 1.57. The van der Waals surface area contributed by atoms with Crippen molar-refractivity contribution in [3.63, 3.8) is 0 Å². The van der Waals surface area contributed by atoms with Crippen LogP contribution >= 0.6 is 11.6 Å². The Balaban J connectivity index is 2.70. The standard InChI is InChI=1S/C12H12ClN3O3/c1-2-10(11(17)18)16-12(19)15-8-4-3-7(6-14)9(13)5-8/h3-5,10H,2H2,1H3,(H,17,18)(H2,15,16,19)/t10-/m0/s1. The lowest BCUT2D eigenvalue weighted by Gasteiger charge is -2.13. The number of urea groups is 1. The molecule has 1 rings (SSSR count). The Hall–Kier alpha value is -2.26. The van der Waals surface area contributed by atoms with Crippen molar-refractivity contribution in [2.75, 3.05) is 5.32 Å². The van der Waals surface area contributed by atoms with E-state index in [4.69, 9.17) is 22.0 Å². The van der Waals surface area contributed by atoms with Crippen molar-refractivity contribution in [2.45, 2.75) is 19.4 Å². The van der Waals surface area contributed by atoms with E-state index in [1.807, 2.05) is 6.07 Å². The Bertz CT molecular complexity index is 540. The summed E-state index contributed by atoms with van der Waals surface area (Å²) >= 11 is 5.81. The molecule has 0 aromatic heterocycles. The van der Waals surface area contributed by atoms with Crippen LogP contribution in [0, 0.1) is 11.3 Å². The van der Waals surface area contributed by atoms with Crippen LogP contribution < -0.4 is 10.6 Å². The number of carboxylic acids is 1. The van der Waals surface area contributed by atoms with E-state index in [1.165, 1.54) is 18.2 Å². The molecule has 0 unspecified atom stereocenters. The van der Waals surface area contributed by atoms with Crippen molar-refractivity contribution >= 4 is 29.3 Å². The number of carboxylic acid groups (broad SMARTS) is 1. The van der Waals surface area contributed by atoms with Crippen LogP contribution in [0.1, 0.15) is 18.9 Å². The summed E-state index contributed by atoms with van der Waals surface area (Å²) in [6.45, 7) is 1.65. The van der Waals surface area contributed by atoms with Gasteiger partial charge in [-0.3, -0.25) is 0 Å². The minimum Gasteiger partial charge on any atom is -0.480 e. The van der Waals surface area contributed by atoms with E-state index in [2.05, 4.69) is 10.6 Å². The predicted molar refractivity (Wildman–Crippen MR) is 70.0 cm³/mol. The Labute approximate surface area is 115 Å². The molecule has 0 aliphatic rings. The van der Waals surface area contributed by atoms with Gasteiger partial charge < -0.3 is 15.7 Å². The molecule has 7 heteroatoms. The van der Waals surface area contributed by atoms with Gasteiger partial charge in [-0.2, -0.15) is 5.26 Å². The summed E-state index contributed by atoms with van der Waals surface area (Å²) in [5, 5.41) is 22.5. The molecule has 0 aliphatic carbocycles. The molecular weight excluding hydrogens is 270 g/mol. The quantitative estimate of drug-likeness (QED) is 0.787. The first-order valence-electron chi connectivity index (χ1n) is 5.48. The molecule has 1 aromatic rings. The Kier molecular flexibility index (Phi) is 5.15. The fourth-order valence-electron chi connectivity index (χ4n) is 1.35. The van der Waals surface area contributed by atoms with E-state index < -0.39 is 18.0 Å². The maximum absolute atomic E-state index is 11.6. The second kappa shape index (κ2) is 6.61. The van der Waals surface area contributed by atoms with Crippen LogP contribution in [0.15, 0.2) is 18.2 Å². The summed E-state index contributed by atoms with van der Waals surface area (Å²) in [6.07, 6.45) is 0.275. The van der Waals surface area contributed by atoms with Crippen molar-refractivity contribution in [1.82, 2.24) is 5.32 Å². The molecule has 0 saturated heterocycles. The fraction of sp³-hybridized carbons (Fsp3) is 0.250. The zero-order chi connectivity index (χ0) is 14.4. The Morgan fingerprint density at radius 2 is 2.21 bits per heavy atom. The molecule has 100 valence electrons. The average Bonchev–Trinajstić information content (AvgIpc) is 2.35. The highest BCUT2D eigenvalue weighted by molar-refractivity contribution is 6.32. The number of amides is 2. The van der Waals surface area contributed by atoms with Crippen LogP contribution in [0.5, 0.6) is 0 Å². The lowest BCUT2D eigenvalue weighted by atomic mass is 10.2. The SMILES string of the molecule is CC[C@H](NC(=O)Nc1ccc(C#N)c(Cl)c1)C(=O)O. The van der Waals surface area contributed by atoms with Crippen molar-refractivity contribution in [1.29, 1.82) is 5.26 Å². The number of anilines is 1. The van der Waals surface area contributed by atoms with Crippen LogP contribution in [-0.4, -0.2) is 23.1 Å². The van der Waals surface area contributed by atoms with Gasteiger partial charge in [-0.25, -0.2) is 9.59 Å². The highest BCUT2D eigenvalue weighted by Crippen LogP contribution is 2.20. The topological polar surface area (TPSA) is 102 Å². The molecule has 0 spiro atoms.